The number of nitrogens with one attached hydrogen (secondary N) is 1. The molecule has 0 spiro atoms. The molecule has 108 valence electrons. The van der Waals surface area contributed by atoms with E-state index >= 15 is 0 Å². The van der Waals surface area contributed by atoms with Gasteiger partial charge in [-0.1, -0.05) is 52.7 Å². The molecule has 0 heterocycles. The van der Waals surface area contributed by atoms with Gasteiger partial charge < -0.3 is 0 Å². The second-order valence-corrected chi connectivity index (χ2v) is 6.27. The summed E-state index contributed by atoms with van der Waals surface area (Å²) in [5.74, 6) is 6.24. The average molecular weight is 266 g/mol. The molecule has 0 aliphatic carbocycles. The van der Waals surface area contributed by atoms with Crippen molar-refractivity contribution in [3.63, 3.8) is 0 Å². The van der Waals surface area contributed by atoms with Gasteiger partial charge in [0.2, 0.25) is 0 Å². The van der Waals surface area contributed by atoms with Crippen LogP contribution in [0.2, 0.25) is 0 Å². The molecule has 3 N–H and O–H groups in total. The minimum absolute atomic E-state index is 0.112. The van der Waals surface area contributed by atoms with Crippen LogP contribution in [-0.4, -0.2) is 6.04 Å². The van der Waals surface area contributed by atoms with Gasteiger partial charge >= 0.3 is 0 Å². The molecule has 1 aromatic rings. The molecular formula is C16H27FN2. The van der Waals surface area contributed by atoms with E-state index in [0.717, 1.165) is 18.4 Å². The first-order chi connectivity index (χ1) is 8.87. The third-order valence-corrected chi connectivity index (χ3v) is 3.93. The molecule has 1 aromatic carbocycles. The third-order valence-electron chi connectivity index (χ3n) is 3.93. The lowest BCUT2D eigenvalue weighted by atomic mass is 9.76. The fraction of sp³-hybridized carbons (Fsp3) is 0.625. The molecule has 2 nitrogen and oxygen atoms in total. The molecule has 1 unspecified atom stereocenters. The Morgan fingerprint density at radius 3 is 2.21 bits per heavy atom. The Hall–Kier alpha value is -0.930. The van der Waals surface area contributed by atoms with Crippen LogP contribution in [0.25, 0.3) is 0 Å². The van der Waals surface area contributed by atoms with Crippen LogP contribution in [0.5, 0.6) is 0 Å². The monoisotopic (exact) mass is 266 g/mol. The van der Waals surface area contributed by atoms with Crippen LogP contribution in [0.1, 0.15) is 52.5 Å². The molecule has 0 saturated heterocycles. The number of hydrogen-bond acceptors (Lipinski definition) is 2. The first-order valence-corrected chi connectivity index (χ1v) is 7.10. The van der Waals surface area contributed by atoms with Gasteiger partial charge in [0.15, 0.2) is 0 Å². The molecule has 0 aliphatic rings. The minimum atomic E-state index is -0.198. The van der Waals surface area contributed by atoms with E-state index in [-0.39, 0.29) is 17.3 Å². The van der Waals surface area contributed by atoms with Gasteiger partial charge in [0, 0.05) is 11.5 Å². The quantitative estimate of drug-likeness (QED) is 0.582. The number of benzene rings is 1. The van der Waals surface area contributed by atoms with Crippen molar-refractivity contribution in [2.75, 3.05) is 0 Å². The van der Waals surface area contributed by atoms with E-state index in [2.05, 4.69) is 33.1 Å². The smallest absolute Gasteiger partial charge is 0.123 e. The number of hydrogen-bond donors (Lipinski definition) is 2. The Bertz CT molecular complexity index is 371. The maximum Gasteiger partial charge on any atom is 0.123 e. The van der Waals surface area contributed by atoms with E-state index in [9.17, 15) is 4.39 Å². The van der Waals surface area contributed by atoms with Gasteiger partial charge in [0.25, 0.3) is 0 Å². The molecule has 3 heteroatoms. The van der Waals surface area contributed by atoms with Gasteiger partial charge in [-0.05, 0) is 30.0 Å². The zero-order valence-electron chi connectivity index (χ0n) is 12.5. The topological polar surface area (TPSA) is 38.0 Å². The summed E-state index contributed by atoms with van der Waals surface area (Å²) in [5.41, 5.74) is 3.94. The van der Waals surface area contributed by atoms with Crippen LogP contribution in [-0.2, 0) is 5.41 Å². The minimum Gasteiger partial charge on any atom is -0.271 e. The summed E-state index contributed by atoms with van der Waals surface area (Å²) in [7, 11) is 0. The highest BCUT2D eigenvalue weighted by Crippen LogP contribution is 2.30. The lowest BCUT2D eigenvalue weighted by Crippen LogP contribution is -2.48. The van der Waals surface area contributed by atoms with Gasteiger partial charge in [-0.25, -0.2) is 4.39 Å². The van der Waals surface area contributed by atoms with Crippen molar-refractivity contribution < 1.29 is 4.39 Å². The molecule has 0 fully saturated rings. The van der Waals surface area contributed by atoms with Crippen molar-refractivity contribution in [1.29, 1.82) is 0 Å². The highest BCUT2D eigenvalue weighted by molar-refractivity contribution is 5.26. The summed E-state index contributed by atoms with van der Waals surface area (Å²) in [5, 5.41) is 0. The molecule has 19 heavy (non-hydrogen) atoms. The van der Waals surface area contributed by atoms with Crippen molar-refractivity contribution in [3.8, 4) is 0 Å². The Kier molecular flexibility index (Phi) is 5.95. The zero-order valence-corrected chi connectivity index (χ0v) is 12.5. The van der Waals surface area contributed by atoms with E-state index in [1.54, 1.807) is 0 Å². The van der Waals surface area contributed by atoms with E-state index < -0.39 is 0 Å². The van der Waals surface area contributed by atoms with Crippen LogP contribution in [0, 0.1) is 11.7 Å². The summed E-state index contributed by atoms with van der Waals surface area (Å²) < 4.78 is 13.0. The number of halogens is 1. The van der Waals surface area contributed by atoms with Crippen molar-refractivity contribution >= 4 is 0 Å². The van der Waals surface area contributed by atoms with Gasteiger partial charge in [-0.2, -0.15) is 0 Å². The van der Waals surface area contributed by atoms with E-state index in [1.165, 1.54) is 18.6 Å². The lowest BCUT2D eigenvalue weighted by molar-refractivity contribution is 0.312. The van der Waals surface area contributed by atoms with Crippen LogP contribution in [0.4, 0.5) is 4.39 Å². The van der Waals surface area contributed by atoms with Crippen LogP contribution in [0.15, 0.2) is 24.3 Å². The maximum absolute atomic E-state index is 13.0. The summed E-state index contributed by atoms with van der Waals surface area (Å²) in [4.78, 5) is 0. The molecule has 1 rings (SSSR count). The van der Waals surface area contributed by atoms with E-state index in [4.69, 9.17) is 5.84 Å². The summed E-state index contributed by atoms with van der Waals surface area (Å²) >= 11 is 0. The van der Waals surface area contributed by atoms with Gasteiger partial charge in [0.05, 0.1) is 0 Å². The molecule has 0 aliphatic heterocycles. The largest absolute Gasteiger partial charge is 0.271 e. The Morgan fingerprint density at radius 2 is 1.74 bits per heavy atom. The third kappa shape index (κ3) is 4.59. The van der Waals surface area contributed by atoms with Crippen molar-refractivity contribution in [2.24, 2.45) is 11.8 Å². The lowest BCUT2D eigenvalue weighted by Gasteiger charge is -2.34. The molecule has 0 aromatic heterocycles. The Balaban J connectivity index is 2.74. The summed E-state index contributed by atoms with van der Waals surface area (Å²) in [6, 6.07) is 6.92. The first kappa shape index (κ1) is 16.1. The second-order valence-electron chi connectivity index (χ2n) is 6.27. The normalized spacial score (nSPS) is 13.8. The predicted octanol–water partition coefficient (Wildman–Crippen LogP) is 3.76. The van der Waals surface area contributed by atoms with Crippen molar-refractivity contribution in [1.82, 2.24) is 5.43 Å². The number of nitrogens with two attached hydrogens (primary N) is 1. The fourth-order valence-corrected chi connectivity index (χ4v) is 2.46. The Morgan fingerprint density at radius 1 is 1.16 bits per heavy atom. The predicted molar refractivity (Wildman–Crippen MR) is 79.2 cm³/mol. The number of rotatable bonds is 7. The number of hydrazine groups is 1. The molecule has 0 saturated carbocycles. The average Bonchev–Trinajstić information content (AvgIpc) is 2.34. The summed E-state index contributed by atoms with van der Waals surface area (Å²) in [6.07, 6.45) is 3.38. The second kappa shape index (κ2) is 7.01. The highest BCUT2D eigenvalue weighted by atomic mass is 19.1. The van der Waals surface area contributed by atoms with Crippen molar-refractivity contribution in [2.45, 2.75) is 58.4 Å². The molecule has 0 bridgehead atoms. The highest BCUT2D eigenvalue weighted by Gasteiger charge is 2.30. The van der Waals surface area contributed by atoms with Gasteiger partial charge in [0.1, 0.15) is 5.82 Å². The van der Waals surface area contributed by atoms with Crippen LogP contribution >= 0.6 is 0 Å². The van der Waals surface area contributed by atoms with E-state index in [0.29, 0.717) is 5.92 Å². The summed E-state index contributed by atoms with van der Waals surface area (Å²) in [6.45, 7) is 8.77. The first-order valence-electron chi connectivity index (χ1n) is 7.10. The fourth-order valence-electron chi connectivity index (χ4n) is 2.46. The van der Waals surface area contributed by atoms with Crippen LogP contribution < -0.4 is 11.3 Å². The molecule has 0 amide bonds. The van der Waals surface area contributed by atoms with E-state index in [1.807, 2.05) is 12.1 Å². The van der Waals surface area contributed by atoms with Crippen LogP contribution in [0.3, 0.4) is 0 Å². The van der Waals surface area contributed by atoms with Gasteiger partial charge in [-0.3, -0.25) is 11.3 Å². The molecule has 0 radical (unpaired) electrons. The molecular weight excluding hydrogens is 239 g/mol. The Labute approximate surface area is 116 Å². The maximum atomic E-state index is 13.0. The van der Waals surface area contributed by atoms with Gasteiger partial charge in [-0.15, -0.1) is 0 Å². The zero-order chi connectivity index (χ0) is 14.5. The molecule has 1 atom stereocenters. The standard InChI is InChI=1S/C16H27FN2/c1-12(2)6-5-7-15(19-18)16(3,4)13-8-10-14(17)11-9-13/h8-12,15,19H,5-7,18H2,1-4H3. The van der Waals surface area contributed by atoms with Crippen molar-refractivity contribution in [3.05, 3.63) is 35.6 Å². The SMILES string of the molecule is CC(C)CCCC(NN)C(C)(C)c1ccc(F)cc1.